The molecule has 0 radical (unpaired) electrons. The first kappa shape index (κ1) is 14.8. The molecule has 1 aromatic carbocycles. The van der Waals surface area contributed by atoms with E-state index >= 15 is 0 Å². The lowest BCUT2D eigenvalue weighted by Gasteiger charge is -2.14. The van der Waals surface area contributed by atoms with Crippen LogP contribution in [0.25, 0.3) is 0 Å². The molecule has 1 aromatic heterocycles. The van der Waals surface area contributed by atoms with Crippen LogP contribution in [0, 0.1) is 5.82 Å². The van der Waals surface area contributed by atoms with Crippen LogP contribution in [-0.4, -0.2) is 10.9 Å². The molecular formula is C14H11Cl2FN2O. The zero-order valence-corrected chi connectivity index (χ0v) is 12.0. The molecule has 1 heterocycles. The number of halogens is 3. The van der Waals surface area contributed by atoms with Crippen LogP contribution in [0.1, 0.15) is 28.9 Å². The summed E-state index contributed by atoms with van der Waals surface area (Å²) in [5, 5.41) is 2.71. The maximum Gasteiger partial charge on any atom is 0.253 e. The fourth-order valence-corrected chi connectivity index (χ4v) is 2.16. The summed E-state index contributed by atoms with van der Waals surface area (Å²) in [6.45, 7) is 1.80. The van der Waals surface area contributed by atoms with Gasteiger partial charge in [-0.2, -0.15) is 0 Å². The number of benzene rings is 1. The Kier molecular flexibility index (Phi) is 4.57. The Balaban J connectivity index is 2.19. The van der Waals surface area contributed by atoms with E-state index in [0.717, 1.165) is 11.6 Å². The van der Waals surface area contributed by atoms with E-state index in [4.69, 9.17) is 23.2 Å². The van der Waals surface area contributed by atoms with Gasteiger partial charge < -0.3 is 5.32 Å². The van der Waals surface area contributed by atoms with Gasteiger partial charge in [0, 0.05) is 12.4 Å². The predicted octanol–water partition coefficient (Wildman–Crippen LogP) is 4.02. The first-order valence-corrected chi connectivity index (χ1v) is 6.60. The normalized spacial score (nSPS) is 12.0. The Labute approximate surface area is 125 Å². The molecule has 0 spiro atoms. The molecule has 0 aliphatic heterocycles. The third-order valence-corrected chi connectivity index (χ3v) is 3.39. The van der Waals surface area contributed by atoms with Gasteiger partial charge in [0.15, 0.2) is 0 Å². The molecule has 0 saturated carbocycles. The van der Waals surface area contributed by atoms with E-state index in [2.05, 4.69) is 10.3 Å². The predicted molar refractivity (Wildman–Crippen MR) is 76.5 cm³/mol. The van der Waals surface area contributed by atoms with Crippen molar-refractivity contribution in [3.05, 3.63) is 63.6 Å². The lowest BCUT2D eigenvalue weighted by molar-refractivity contribution is 0.0939. The van der Waals surface area contributed by atoms with E-state index < -0.39 is 11.7 Å². The lowest BCUT2D eigenvalue weighted by atomic mass is 10.1. The highest BCUT2D eigenvalue weighted by atomic mass is 35.5. The van der Waals surface area contributed by atoms with Gasteiger partial charge in [0.2, 0.25) is 0 Å². The Morgan fingerprint density at radius 2 is 2.10 bits per heavy atom. The van der Waals surface area contributed by atoms with Gasteiger partial charge in [0.05, 0.1) is 21.7 Å². The van der Waals surface area contributed by atoms with Crippen LogP contribution < -0.4 is 5.32 Å². The van der Waals surface area contributed by atoms with Crippen molar-refractivity contribution in [2.45, 2.75) is 13.0 Å². The van der Waals surface area contributed by atoms with E-state index in [9.17, 15) is 9.18 Å². The number of carbonyl (C=O) groups is 1. The molecule has 2 aromatic rings. The van der Waals surface area contributed by atoms with Crippen LogP contribution in [0.2, 0.25) is 10.0 Å². The van der Waals surface area contributed by atoms with Gasteiger partial charge in [-0.25, -0.2) is 4.39 Å². The number of nitrogens with one attached hydrogen (secondary N) is 1. The van der Waals surface area contributed by atoms with Crippen molar-refractivity contribution in [2.24, 2.45) is 0 Å². The van der Waals surface area contributed by atoms with Crippen molar-refractivity contribution >= 4 is 29.1 Å². The van der Waals surface area contributed by atoms with Crippen molar-refractivity contribution in [3.63, 3.8) is 0 Å². The van der Waals surface area contributed by atoms with Crippen molar-refractivity contribution in [1.29, 1.82) is 0 Å². The zero-order valence-electron chi connectivity index (χ0n) is 10.5. The maximum absolute atomic E-state index is 13.4. The molecule has 0 fully saturated rings. The topological polar surface area (TPSA) is 42.0 Å². The van der Waals surface area contributed by atoms with E-state index in [1.165, 1.54) is 6.07 Å². The van der Waals surface area contributed by atoms with Crippen molar-refractivity contribution in [3.8, 4) is 0 Å². The molecule has 2 rings (SSSR count). The lowest BCUT2D eigenvalue weighted by Crippen LogP contribution is -2.27. The number of aromatic nitrogens is 1. The monoisotopic (exact) mass is 312 g/mol. The first-order chi connectivity index (χ1) is 9.49. The van der Waals surface area contributed by atoms with Crippen LogP contribution >= 0.6 is 23.2 Å². The van der Waals surface area contributed by atoms with Crippen LogP contribution in [0.3, 0.4) is 0 Å². The molecule has 6 heteroatoms. The summed E-state index contributed by atoms with van der Waals surface area (Å²) in [5.41, 5.74) is 0.885. The molecule has 1 amide bonds. The summed E-state index contributed by atoms with van der Waals surface area (Å²) in [5.74, 6) is -1.16. The molecule has 1 atom stereocenters. The summed E-state index contributed by atoms with van der Waals surface area (Å²) in [7, 11) is 0. The SMILES string of the molecule is CC(NC(=O)c1cc(F)c(Cl)cc1Cl)c1cccnc1. The molecule has 0 bridgehead atoms. The number of rotatable bonds is 3. The third kappa shape index (κ3) is 3.26. The number of hydrogen-bond donors (Lipinski definition) is 1. The quantitative estimate of drug-likeness (QED) is 0.870. The Morgan fingerprint density at radius 3 is 2.75 bits per heavy atom. The molecule has 0 saturated heterocycles. The smallest absolute Gasteiger partial charge is 0.253 e. The maximum atomic E-state index is 13.4. The third-order valence-electron chi connectivity index (χ3n) is 2.79. The molecule has 0 aliphatic rings. The van der Waals surface area contributed by atoms with Crippen molar-refractivity contribution < 1.29 is 9.18 Å². The Morgan fingerprint density at radius 1 is 1.35 bits per heavy atom. The fourth-order valence-electron chi connectivity index (χ4n) is 1.69. The van der Waals surface area contributed by atoms with Gasteiger partial charge in [-0.3, -0.25) is 9.78 Å². The van der Waals surface area contributed by atoms with Crippen LogP contribution in [0.5, 0.6) is 0 Å². The highest BCUT2D eigenvalue weighted by Gasteiger charge is 2.16. The number of nitrogens with zero attached hydrogens (tertiary/aromatic N) is 1. The van der Waals surface area contributed by atoms with Gasteiger partial charge >= 0.3 is 0 Å². The summed E-state index contributed by atoms with van der Waals surface area (Å²) >= 11 is 11.5. The minimum atomic E-state index is -0.685. The van der Waals surface area contributed by atoms with Crippen LogP contribution in [0.4, 0.5) is 4.39 Å². The van der Waals surface area contributed by atoms with Gasteiger partial charge in [0.1, 0.15) is 5.82 Å². The minimum absolute atomic E-state index is 0.0457. The summed E-state index contributed by atoms with van der Waals surface area (Å²) in [6, 6.07) is 5.57. The highest BCUT2D eigenvalue weighted by molar-refractivity contribution is 6.36. The van der Waals surface area contributed by atoms with Crippen LogP contribution in [0.15, 0.2) is 36.7 Å². The molecule has 1 unspecified atom stereocenters. The van der Waals surface area contributed by atoms with Gasteiger partial charge in [-0.05, 0) is 30.7 Å². The Hall–Kier alpha value is -1.65. The zero-order chi connectivity index (χ0) is 14.7. The minimum Gasteiger partial charge on any atom is -0.345 e. The number of amides is 1. The van der Waals surface area contributed by atoms with E-state index in [-0.39, 0.29) is 21.7 Å². The van der Waals surface area contributed by atoms with Crippen molar-refractivity contribution in [1.82, 2.24) is 10.3 Å². The van der Waals surface area contributed by atoms with E-state index in [1.807, 2.05) is 6.07 Å². The molecular weight excluding hydrogens is 302 g/mol. The standard InChI is InChI=1S/C14H11Cl2FN2O/c1-8(9-3-2-4-18-7-9)19-14(20)10-5-13(17)12(16)6-11(10)15/h2-8H,1H3,(H,19,20). The second-order valence-corrected chi connectivity index (χ2v) is 5.04. The number of carbonyl (C=O) groups excluding carboxylic acids is 1. The average Bonchev–Trinajstić information content (AvgIpc) is 2.43. The molecule has 3 nitrogen and oxygen atoms in total. The summed E-state index contributed by atoms with van der Waals surface area (Å²) < 4.78 is 13.4. The van der Waals surface area contributed by atoms with Gasteiger partial charge in [-0.15, -0.1) is 0 Å². The average molecular weight is 313 g/mol. The van der Waals surface area contributed by atoms with Crippen molar-refractivity contribution in [2.75, 3.05) is 0 Å². The highest BCUT2D eigenvalue weighted by Crippen LogP contribution is 2.24. The van der Waals surface area contributed by atoms with E-state index in [0.29, 0.717) is 0 Å². The van der Waals surface area contributed by atoms with Gasteiger partial charge in [-0.1, -0.05) is 29.3 Å². The summed E-state index contributed by atoms with van der Waals surface area (Å²) in [4.78, 5) is 16.1. The second-order valence-electron chi connectivity index (χ2n) is 4.23. The fraction of sp³-hybridized carbons (Fsp3) is 0.143. The Bertz CT molecular complexity index is 635. The molecule has 20 heavy (non-hydrogen) atoms. The largest absolute Gasteiger partial charge is 0.345 e. The first-order valence-electron chi connectivity index (χ1n) is 5.84. The number of pyridine rings is 1. The van der Waals surface area contributed by atoms with E-state index in [1.54, 1.807) is 25.4 Å². The van der Waals surface area contributed by atoms with Crippen LogP contribution in [-0.2, 0) is 0 Å². The molecule has 1 N–H and O–H groups in total. The molecule has 104 valence electrons. The second kappa shape index (κ2) is 6.20. The van der Waals surface area contributed by atoms with Gasteiger partial charge in [0.25, 0.3) is 5.91 Å². The molecule has 0 aliphatic carbocycles. The number of hydrogen-bond acceptors (Lipinski definition) is 2. The summed E-state index contributed by atoms with van der Waals surface area (Å²) in [6.07, 6.45) is 3.29.